The molecule has 0 amide bonds. The highest BCUT2D eigenvalue weighted by molar-refractivity contribution is 5.19. The van der Waals surface area contributed by atoms with E-state index in [4.69, 9.17) is 4.74 Å². The Labute approximate surface area is 105 Å². The molecule has 0 spiro atoms. The molecule has 2 nitrogen and oxygen atoms in total. The van der Waals surface area contributed by atoms with Gasteiger partial charge in [0.25, 0.3) is 0 Å². The summed E-state index contributed by atoms with van der Waals surface area (Å²) in [7, 11) is 1.66. The first-order chi connectivity index (χ1) is 8.65. The van der Waals surface area contributed by atoms with Crippen molar-refractivity contribution in [2.45, 2.75) is 25.8 Å². The Morgan fingerprint density at radius 1 is 1.00 bits per heavy atom. The van der Waals surface area contributed by atoms with Crippen molar-refractivity contribution in [1.82, 2.24) is 5.32 Å². The molecule has 1 aromatic carbocycles. The van der Waals surface area contributed by atoms with Gasteiger partial charge in [-0.2, -0.15) is 0 Å². The molecule has 0 fully saturated rings. The number of hydrogen-bond acceptors (Lipinski definition) is 2. The van der Waals surface area contributed by atoms with Crippen molar-refractivity contribution < 1.29 is 17.9 Å². The van der Waals surface area contributed by atoms with E-state index < -0.39 is 17.5 Å². The van der Waals surface area contributed by atoms with E-state index in [0.717, 1.165) is 31.9 Å². The molecule has 0 saturated heterocycles. The third-order valence-electron chi connectivity index (χ3n) is 2.61. The van der Waals surface area contributed by atoms with Gasteiger partial charge in [-0.05, 0) is 31.9 Å². The van der Waals surface area contributed by atoms with Crippen LogP contribution >= 0.6 is 0 Å². The van der Waals surface area contributed by atoms with Crippen LogP contribution in [-0.2, 0) is 11.3 Å². The quantitative estimate of drug-likeness (QED) is 0.573. The molecule has 0 bridgehead atoms. The SMILES string of the molecule is COCCCCCNCc1cc(F)c(F)cc1F. The molecule has 18 heavy (non-hydrogen) atoms. The van der Waals surface area contributed by atoms with E-state index in [2.05, 4.69) is 5.32 Å². The van der Waals surface area contributed by atoms with E-state index in [9.17, 15) is 13.2 Å². The van der Waals surface area contributed by atoms with Crippen LogP contribution in [0.25, 0.3) is 0 Å². The fourth-order valence-electron chi connectivity index (χ4n) is 1.60. The van der Waals surface area contributed by atoms with Crippen LogP contribution in [-0.4, -0.2) is 20.3 Å². The van der Waals surface area contributed by atoms with Crippen LogP contribution in [0.2, 0.25) is 0 Å². The highest BCUT2D eigenvalue weighted by Gasteiger charge is 2.08. The first kappa shape index (κ1) is 15.0. The number of ether oxygens (including phenoxy) is 1. The smallest absolute Gasteiger partial charge is 0.161 e. The van der Waals surface area contributed by atoms with Gasteiger partial charge in [-0.15, -0.1) is 0 Å². The highest BCUT2D eigenvalue weighted by Crippen LogP contribution is 2.13. The van der Waals surface area contributed by atoms with E-state index in [0.29, 0.717) is 12.6 Å². The van der Waals surface area contributed by atoms with E-state index in [1.165, 1.54) is 0 Å². The maximum absolute atomic E-state index is 13.2. The summed E-state index contributed by atoms with van der Waals surface area (Å²) in [6.07, 6.45) is 2.94. The highest BCUT2D eigenvalue weighted by atomic mass is 19.2. The summed E-state index contributed by atoms with van der Waals surface area (Å²) >= 11 is 0. The monoisotopic (exact) mass is 261 g/mol. The summed E-state index contributed by atoms with van der Waals surface area (Å²) < 4.78 is 43.7. The zero-order valence-electron chi connectivity index (χ0n) is 10.4. The van der Waals surface area contributed by atoms with Crippen molar-refractivity contribution in [2.75, 3.05) is 20.3 Å². The number of halogens is 3. The molecule has 0 saturated carbocycles. The molecule has 1 aromatic rings. The molecule has 0 heterocycles. The second-order valence-electron chi connectivity index (χ2n) is 4.09. The predicted molar refractivity (Wildman–Crippen MR) is 63.7 cm³/mol. The number of rotatable bonds is 8. The maximum Gasteiger partial charge on any atom is 0.161 e. The molecule has 0 aromatic heterocycles. The van der Waals surface area contributed by atoms with Gasteiger partial charge in [0, 0.05) is 31.9 Å². The second kappa shape index (κ2) is 8.11. The number of benzene rings is 1. The Kier molecular flexibility index (Phi) is 6.75. The number of nitrogens with one attached hydrogen (secondary N) is 1. The molecule has 0 atom stereocenters. The van der Waals surface area contributed by atoms with Gasteiger partial charge in [0.1, 0.15) is 5.82 Å². The summed E-state index contributed by atoms with van der Waals surface area (Å²) in [6, 6.07) is 1.47. The van der Waals surface area contributed by atoms with Gasteiger partial charge >= 0.3 is 0 Å². The second-order valence-corrected chi connectivity index (χ2v) is 4.09. The van der Waals surface area contributed by atoms with Crippen molar-refractivity contribution in [3.05, 3.63) is 35.1 Å². The van der Waals surface area contributed by atoms with Gasteiger partial charge in [-0.1, -0.05) is 0 Å². The third-order valence-corrected chi connectivity index (χ3v) is 2.61. The van der Waals surface area contributed by atoms with Crippen LogP contribution in [0.3, 0.4) is 0 Å². The average Bonchev–Trinajstić information content (AvgIpc) is 2.34. The van der Waals surface area contributed by atoms with E-state index in [-0.39, 0.29) is 12.1 Å². The standard InChI is InChI=1S/C13H18F3NO/c1-18-6-4-2-3-5-17-9-10-7-12(15)13(16)8-11(10)14/h7-8,17H,2-6,9H2,1H3. The van der Waals surface area contributed by atoms with Crippen LogP contribution in [0.15, 0.2) is 12.1 Å². The first-order valence-electron chi connectivity index (χ1n) is 5.98. The van der Waals surface area contributed by atoms with E-state index in [1.54, 1.807) is 7.11 Å². The van der Waals surface area contributed by atoms with Gasteiger partial charge < -0.3 is 10.1 Å². The van der Waals surface area contributed by atoms with Crippen molar-refractivity contribution >= 4 is 0 Å². The fourth-order valence-corrected chi connectivity index (χ4v) is 1.60. The van der Waals surface area contributed by atoms with Gasteiger partial charge in [0.15, 0.2) is 11.6 Å². The number of hydrogen-bond donors (Lipinski definition) is 1. The lowest BCUT2D eigenvalue weighted by Gasteiger charge is -2.06. The lowest BCUT2D eigenvalue weighted by Crippen LogP contribution is -2.16. The number of methoxy groups -OCH3 is 1. The Morgan fingerprint density at radius 3 is 2.44 bits per heavy atom. The van der Waals surface area contributed by atoms with Crippen LogP contribution in [0.1, 0.15) is 24.8 Å². The lowest BCUT2D eigenvalue weighted by molar-refractivity contribution is 0.192. The summed E-state index contributed by atoms with van der Waals surface area (Å²) in [5.41, 5.74) is 0.144. The molecule has 5 heteroatoms. The summed E-state index contributed by atoms with van der Waals surface area (Å²) in [6.45, 7) is 1.65. The van der Waals surface area contributed by atoms with E-state index >= 15 is 0 Å². The van der Waals surface area contributed by atoms with E-state index in [1.807, 2.05) is 0 Å². The minimum atomic E-state index is -1.16. The number of unbranched alkanes of at least 4 members (excludes halogenated alkanes) is 2. The maximum atomic E-state index is 13.2. The first-order valence-corrected chi connectivity index (χ1v) is 5.98. The van der Waals surface area contributed by atoms with Crippen molar-refractivity contribution in [3.8, 4) is 0 Å². The van der Waals surface area contributed by atoms with Crippen LogP contribution in [0.5, 0.6) is 0 Å². The van der Waals surface area contributed by atoms with Gasteiger partial charge in [-0.25, -0.2) is 13.2 Å². The summed E-state index contributed by atoms with van der Waals surface area (Å²) in [5, 5.41) is 3.00. The van der Waals surface area contributed by atoms with Crippen molar-refractivity contribution in [1.29, 1.82) is 0 Å². The lowest BCUT2D eigenvalue weighted by atomic mass is 10.2. The molecule has 0 aliphatic carbocycles. The van der Waals surface area contributed by atoms with Crippen LogP contribution in [0, 0.1) is 17.5 Å². The summed E-state index contributed by atoms with van der Waals surface area (Å²) in [5.74, 6) is -2.90. The van der Waals surface area contributed by atoms with Crippen LogP contribution < -0.4 is 5.32 Å². The summed E-state index contributed by atoms with van der Waals surface area (Å²) in [4.78, 5) is 0. The van der Waals surface area contributed by atoms with Crippen molar-refractivity contribution in [2.24, 2.45) is 0 Å². The normalized spacial score (nSPS) is 10.9. The average molecular weight is 261 g/mol. The third kappa shape index (κ3) is 5.06. The largest absolute Gasteiger partial charge is 0.385 e. The zero-order valence-corrected chi connectivity index (χ0v) is 10.4. The molecular formula is C13H18F3NO. The fraction of sp³-hybridized carbons (Fsp3) is 0.538. The Morgan fingerprint density at radius 2 is 1.72 bits per heavy atom. The minimum Gasteiger partial charge on any atom is -0.385 e. The van der Waals surface area contributed by atoms with Crippen LogP contribution in [0.4, 0.5) is 13.2 Å². The Bertz CT molecular complexity index is 371. The molecule has 1 N–H and O–H groups in total. The molecule has 0 unspecified atom stereocenters. The predicted octanol–water partition coefficient (Wildman–Crippen LogP) is 3.01. The van der Waals surface area contributed by atoms with Gasteiger partial charge in [0.2, 0.25) is 0 Å². The zero-order chi connectivity index (χ0) is 13.4. The topological polar surface area (TPSA) is 21.3 Å². The molecular weight excluding hydrogens is 243 g/mol. The molecule has 102 valence electrons. The Hall–Kier alpha value is -1.07. The molecule has 1 rings (SSSR count). The van der Waals surface area contributed by atoms with Crippen molar-refractivity contribution in [3.63, 3.8) is 0 Å². The Balaban J connectivity index is 2.25. The molecule has 0 aliphatic heterocycles. The van der Waals surface area contributed by atoms with Gasteiger partial charge in [0.05, 0.1) is 0 Å². The minimum absolute atomic E-state index is 0.144. The molecule has 0 radical (unpaired) electrons. The van der Waals surface area contributed by atoms with Gasteiger partial charge in [-0.3, -0.25) is 0 Å². The molecule has 0 aliphatic rings.